The standard InChI is InChI=1S/C16H24N2OS/c1-13-4-2-5-14(8-13)11-20-12-16(19)18-10-15-6-3-7-17-9-15/h2,4-5,8,15,17H,3,6-7,9-12H2,1H3,(H,18,19). The summed E-state index contributed by atoms with van der Waals surface area (Å²) < 4.78 is 0. The number of piperidine rings is 1. The summed E-state index contributed by atoms with van der Waals surface area (Å²) in [6.45, 7) is 5.07. The minimum atomic E-state index is 0.160. The molecule has 1 aliphatic rings. The van der Waals surface area contributed by atoms with Gasteiger partial charge in [0.25, 0.3) is 0 Å². The Hall–Kier alpha value is -1.00. The van der Waals surface area contributed by atoms with Crippen LogP contribution in [0.25, 0.3) is 0 Å². The first-order valence-electron chi connectivity index (χ1n) is 7.35. The zero-order valence-corrected chi connectivity index (χ0v) is 13.0. The predicted molar refractivity (Wildman–Crippen MR) is 85.9 cm³/mol. The van der Waals surface area contributed by atoms with Gasteiger partial charge in [0.15, 0.2) is 0 Å². The minimum Gasteiger partial charge on any atom is -0.355 e. The molecule has 2 rings (SSSR count). The van der Waals surface area contributed by atoms with Crippen LogP contribution in [0.3, 0.4) is 0 Å². The van der Waals surface area contributed by atoms with E-state index in [1.165, 1.54) is 24.0 Å². The first-order valence-corrected chi connectivity index (χ1v) is 8.50. The Kier molecular flexibility index (Phi) is 6.40. The van der Waals surface area contributed by atoms with Crippen molar-refractivity contribution in [3.05, 3.63) is 35.4 Å². The van der Waals surface area contributed by atoms with Crippen LogP contribution in [-0.2, 0) is 10.5 Å². The summed E-state index contributed by atoms with van der Waals surface area (Å²) in [5, 5.41) is 6.42. The van der Waals surface area contributed by atoms with E-state index < -0.39 is 0 Å². The molecule has 0 aromatic heterocycles. The van der Waals surface area contributed by atoms with E-state index in [2.05, 4.69) is 41.8 Å². The number of aryl methyl sites for hydroxylation is 1. The summed E-state index contributed by atoms with van der Waals surface area (Å²) in [5.74, 6) is 2.22. The maximum Gasteiger partial charge on any atom is 0.230 e. The van der Waals surface area contributed by atoms with E-state index in [1.54, 1.807) is 11.8 Å². The molecule has 1 atom stereocenters. The number of amides is 1. The number of thioether (sulfide) groups is 1. The molecule has 1 amide bonds. The molecule has 0 saturated carbocycles. The van der Waals surface area contributed by atoms with E-state index in [-0.39, 0.29) is 5.91 Å². The summed E-state index contributed by atoms with van der Waals surface area (Å²) >= 11 is 1.68. The summed E-state index contributed by atoms with van der Waals surface area (Å²) in [6, 6.07) is 8.46. The molecular weight excluding hydrogens is 268 g/mol. The van der Waals surface area contributed by atoms with Crippen molar-refractivity contribution in [1.29, 1.82) is 0 Å². The molecule has 110 valence electrons. The fraction of sp³-hybridized carbons (Fsp3) is 0.562. The maximum atomic E-state index is 11.8. The topological polar surface area (TPSA) is 41.1 Å². The van der Waals surface area contributed by atoms with Crippen molar-refractivity contribution in [2.45, 2.75) is 25.5 Å². The largest absolute Gasteiger partial charge is 0.355 e. The third kappa shape index (κ3) is 5.55. The van der Waals surface area contributed by atoms with Crippen LogP contribution >= 0.6 is 11.8 Å². The van der Waals surface area contributed by atoms with E-state index in [1.807, 2.05) is 0 Å². The number of benzene rings is 1. The van der Waals surface area contributed by atoms with Crippen LogP contribution in [0.5, 0.6) is 0 Å². The van der Waals surface area contributed by atoms with Gasteiger partial charge in [-0.1, -0.05) is 29.8 Å². The van der Waals surface area contributed by atoms with Gasteiger partial charge >= 0.3 is 0 Å². The van der Waals surface area contributed by atoms with E-state index in [4.69, 9.17) is 0 Å². The number of hydrogen-bond acceptors (Lipinski definition) is 3. The molecule has 3 nitrogen and oxygen atoms in total. The Bertz CT molecular complexity index is 430. The smallest absolute Gasteiger partial charge is 0.230 e. The number of carbonyl (C=O) groups is 1. The Balaban J connectivity index is 1.60. The molecular formula is C16H24N2OS. The molecule has 1 heterocycles. The van der Waals surface area contributed by atoms with Crippen molar-refractivity contribution in [3.63, 3.8) is 0 Å². The van der Waals surface area contributed by atoms with Gasteiger partial charge in [-0.2, -0.15) is 0 Å². The zero-order chi connectivity index (χ0) is 14.2. The monoisotopic (exact) mass is 292 g/mol. The lowest BCUT2D eigenvalue weighted by molar-refractivity contribution is -0.118. The van der Waals surface area contributed by atoms with E-state index in [0.29, 0.717) is 11.7 Å². The van der Waals surface area contributed by atoms with E-state index >= 15 is 0 Å². The van der Waals surface area contributed by atoms with Crippen LogP contribution in [0.15, 0.2) is 24.3 Å². The summed E-state index contributed by atoms with van der Waals surface area (Å²) in [4.78, 5) is 11.8. The molecule has 0 radical (unpaired) electrons. The van der Waals surface area contributed by atoms with Gasteiger partial charge < -0.3 is 10.6 Å². The van der Waals surface area contributed by atoms with Gasteiger partial charge in [0.2, 0.25) is 5.91 Å². The molecule has 0 bridgehead atoms. The van der Waals surface area contributed by atoms with E-state index in [0.717, 1.165) is 25.4 Å². The molecule has 0 aliphatic carbocycles. The second kappa shape index (κ2) is 8.32. The van der Waals surface area contributed by atoms with Crippen molar-refractivity contribution in [1.82, 2.24) is 10.6 Å². The maximum absolute atomic E-state index is 11.8. The zero-order valence-electron chi connectivity index (χ0n) is 12.2. The summed E-state index contributed by atoms with van der Waals surface area (Å²) in [6.07, 6.45) is 2.45. The van der Waals surface area contributed by atoms with Gasteiger partial charge in [0.05, 0.1) is 5.75 Å². The highest BCUT2D eigenvalue weighted by molar-refractivity contribution is 7.99. The highest BCUT2D eigenvalue weighted by Crippen LogP contribution is 2.13. The first kappa shape index (κ1) is 15.4. The van der Waals surface area contributed by atoms with Crippen LogP contribution < -0.4 is 10.6 Å². The van der Waals surface area contributed by atoms with Crippen molar-refractivity contribution < 1.29 is 4.79 Å². The lowest BCUT2D eigenvalue weighted by atomic mass is 10.00. The van der Waals surface area contributed by atoms with Gasteiger partial charge in [-0.15, -0.1) is 11.8 Å². The Morgan fingerprint density at radius 2 is 2.40 bits per heavy atom. The van der Waals surface area contributed by atoms with Gasteiger partial charge in [-0.05, 0) is 44.3 Å². The Morgan fingerprint density at radius 3 is 3.15 bits per heavy atom. The van der Waals surface area contributed by atoms with Crippen molar-refractivity contribution >= 4 is 17.7 Å². The molecule has 1 aromatic carbocycles. The predicted octanol–water partition coefficient (Wildman–Crippen LogP) is 2.34. The summed E-state index contributed by atoms with van der Waals surface area (Å²) in [7, 11) is 0. The molecule has 1 aromatic rings. The van der Waals surface area contributed by atoms with Crippen molar-refractivity contribution in [2.75, 3.05) is 25.4 Å². The fourth-order valence-electron chi connectivity index (χ4n) is 2.47. The number of nitrogens with one attached hydrogen (secondary N) is 2. The third-order valence-electron chi connectivity index (χ3n) is 3.57. The lowest BCUT2D eigenvalue weighted by Gasteiger charge is -2.22. The van der Waals surface area contributed by atoms with Crippen LogP contribution in [0.1, 0.15) is 24.0 Å². The van der Waals surface area contributed by atoms with Crippen LogP contribution in [0, 0.1) is 12.8 Å². The molecule has 1 saturated heterocycles. The molecule has 20 heavy (non-hydrogen) atoms. The molecule has 2 N–H and O–H groups in total. The number of carbonyl (C=O) groups excluding carboxylic acids is 1. The molecule has 0 spiro atoms. The Morgan fingerprint density at radius 1 is 1.50 bits per heavy atom. The number of rotatable bonds is 6. The average molecular weight is 292 g/mol. The van der Waals surface area contributed by atoms with Gasteiger partial charge in [0, 0.05) is 12.3 Å². The third-order valence-corrected chi connectivity index (χ3v) is 4.57. The molecule has 1 fully saturated rings. The molecule has 1 unspecified atom stereocenters. The van der Waals surface area contributed by atoms with Gasteiger partial charge in [0.1, 0.15) is 0 Å². The first-order chi connectivity index (χ1) is 9.74. The van der Waals surface area contributed by atoms with Gasteiger partial charge in [-0.3, -0.25) is 4.79 Å². The van der Waals surface area contributed by atoms with Gasteiger partial charge in [-0.25, -0.2) is 0 Å². The second-order valence-electron chi connectivity index (χ2n) is 5.50. The second-order valence-corrected chi connectivity index (χ2v) is 6.48. The van der Waals surface area contributed by atoms with E-state index in [9.17, 15) is 4.79 Å². The summed E-state index contributed by atoms with van der Waals surface area (Å²) in [5.41, 5.74) is 2.57. The SMILES string of the molecule is Cc1cccc(CSCC(=O)NCC2CCCNC2)c1. The van der Waals surface area contributed by atoms with Crippen LogP contribution in [0.4, 0.5) is 0 Å². The molecule has 4 heteroatoms. The fourth-order valence-corrected chi connectivity index (χ4v) is 3.28. The van der Waals surface area contributed by atoms with Crippen molar-refractivity contribution in [3.8, 4) is 0 Å². The number of hydrogen-bond donors (Lipinski definition) is 2. The van der Waals surface area contributed by atoms with Crippen LogP contribution in [-0.4, -0.2) is 31.3 Å². The highest BCUT2D eigenvalue weighted by atomic mass is 32.2. The lowest BCUT2D eigenvalue weighted by Crippen LogP contribution is -2.38. The highest BCUT2D eigenvalue weighted by Gasteiger charge is 2.13. The quantitative estimate of drug-likeness (QED) is 0.845. The van der Waals surface area contributed by atoms with Crippen LogP contribution in [0.2, 0.25) is 0 Å². The Labute approximate surface area is 125 Å². The normalized spacial score (nSPS) is 18.8. The average Bonchev–Trinajstić information content (AvgIpc) is 2.46. The molecule has 1 aliphatic heterocycles. The minimum absolute atomic E-state index is 0.160. The van der Waals surface area contributed by atoms with Crippen molar-refractivity contribution in [2.24, 2.45) is 5.92 Å².